The molecule has 0 aliphatic carbocycles. The van der Waals surface area contributed by atoms with E-state index < -0.39 is 8.25 Å². The number of aryl methyl sites for hydroxylation is 4. The fourth-order valence-electron chi connectivity index (χ4n) is 2.11. The Bertz CT molecular complexity index is 554. The molecule has 2 aromatic carbocycles. The van der Waals surface area contributed by atoms with Crippen LogP contribution in [-0.4, -0.2) is 0 Å². The Morgan fingerprint density at radius 3 is 1.30 bits per heavy atom. The van der Waals surface area contributed by atoms with Crippen LogP contribution in [0.4, 0.5) is 0 Å². The van der Waals surface area contributed by atoms with Gasteiger partial charge in [0.2, 0.25) is 0 Å². The minimum Gasteiger partial charge on any atom is -0.417 e. The fourth-order valence-corrected chi connectivity index (χ4v) is 3.13. The van der Waals surface area contributed by atoms with E-state index in [4.69, 9.17) is 9.05 Å². The van der Waals surface area contributed by atoms with E-state index in [1.165, 1.54) is 0 Å². The molecule has 0 aliphatic heterocycles. The van der Waals surface area contributed by atoms with Gasteiger partial charge in [0.15, 0.2) is 0 Å². The number of para-hydroxylation sites is 2. The summed E-state index contributed by atoms with van der Waals surface area (Å²) in [7, 11) is -2.63. The van der Waals surface area contributed by atoms with Crippen molar-refractivity contribution in [3.8, 4) is 11.5 Å². The molecule has 0 bridgehead atoms. The average Bonchev–Trinajstić information content (AvgIpc) is 2.39. The van der Waals surface area contributed by atoms with Gasteiger partial charge in [-0.2, -0.15) is 0 Å². The van der Waals surface area contributed by atoms with Gasteiger partial charge in [-0.25, -0.2) is 4.57 Å². The molecule has 0 heterocycles. The minimum atomic E-state index is -2.63. The predicted octanol–water partition coefficient (Wildman–Crippen LogP) is 4.77. The van der Waals surface area contributed by atoms with Crippen molar-refractivity contribution in [3.63, 3.8) is 0 Å². The van der Waals surface area contributed by atoms with Crippen LogP contribution in [0.1, 0.15) is 22.3 Å². The second-order valence-corrected chi connectivity index (χ2v) is 5.80. The van der Waals surface area contributed by atoms with Crippen molar-refractivity contribution in [3.05, 3.63) is 58.7 Å². The Balaban J connectivity index is 2.18. The number of hydrogen-bond donors (Lipinski definition) is 0. The molecule has 4 heteroatoms. The molecule has 0 radical (unpaired) electrons. The molecule has 0 N–H and O–H groups in total. The van der Waals surface area contributed by atoms with Gasteiger partial charge < -0.3 is 9.05 Å². The highest BCUT2D eigenvalue weighted by Crippen LogP contribution is 2.36. The molecule has 3 nitrogen and oxygen atoms in total. The molecule has 0 atom stereocenters. The lowest BCUT2D eigenvalue weighted by atomic mass is 10.1. The van der Waals surface area contributed by atoms with Gasteiger partial charge in [0, 0.05) is 0 Å². The SMILES string of the molecule is Cc1cccc(C)c1O[PH](=O)Oc1c(C)cccc1C. The summed E-state index contributed by atoms with van der Waals surface area (Å²) in [6.07, 6.45) is 0. The first-order valence-electron chi connectivity index (χ1n) is 6.51. The Morgan fingerprint density at radius 1 is 0.700 bits per heavy atom. The zero-order valence-electron chi connectivity index (χ0n) is 12.2. The Kier molecular flexibility index (Phi) is 4.51. The molecule has 20 heavy (non-hydrogen) atoms. The Morgan fingerprint density at radius 2 is 1.00 bits per heavy atom. The number of rotatable bonds is 4. The summed E-state index contributed by atoms with van der Waals surface area (Å²) in [6, 6.07) is 11.6. The van der Waals surface area contributed by atoms with Crippen LogP contribution in [0.3, 0.4) is 0 Å². The van der Waals surface area contributed by atoms with Gasteiger partial charge in [0.1, 0.15) is 11.5 Å². The van der Waals surface area contributed by atoms with E-state index in [0.717, 1.165) is 22.3 Å². The third-order valence-corrected chi connectivity index (χ3v) is 3.93. The van der Waals surface area contributed by atoms with Crippen molar-refractivity contribution in [2.75, 3.05) is 0 Å². The van der Waals surface area contributed by atoms with E-state index in [9.17, 15) is 4.57 Å². The van der Waals surface area contributed by atoms with Gasteiger partial charge in [-0.3, -0.25) is 0 Å². The maximum atomic E-state index is 12.1. The normalized spacial score (nSPS) is 10.7. The summed E-state index contributed by atoms with van der Waals surface area (Å²) in [5, 5.41) is 0. The third kappa shape index (κ3) is 3.23. The van der Waals surface area contributed by atoms with Gasteiger partial charge in [-0.15, -0.1) is 0 Å². The lowest BCUT2D eigenvalue weighted by molar-refractivity contribution is 0.411. The zero-order valence-corrected chi connectivity index (χ0v) is 13.2. The monoisotopic (exact) mass is 290 g/mol. The summed E-state index contributed by atoms with van der Waals surface area (Å²) < 4.78 is 23.2. The molecule has 2 rings (SSSR count). The maximum absolute atomic E-state index is 12.1. The van der Waals surface area contributed by atoms with Crippen LogP contribution in [0.2, 0.25) is 0 Å². The van der Waals surface area contributed by atoms with Crippen LogP contribution in [0.25, 0.3) is 0 Å². The summed E-state index contributed by atoms with van der Waals surface area (Å²) in [4.78, 5) is 0. The molecular formula is C16H19O3P. The molecule has 106 valence electrons. The lowest BCUT2D eigenvalue weighted by Crippen LogP contribution is -1.95. The van der Waals surface area contributed by atoms with E-state index >= 15 is 0 Å². The van der Waals surface area contributed by atoms with E-state index in [1.54, 1.807) is 0 Å². The minimum absolute atomic E-state index is 0.641. The van der Waals surface area contributed by atoms with Crippen molar-refractivity contribution >= 4 is 8.25 Å². The highest BCUT2D eigenvalue weighted by molar-refractivity contribution is 7.34. The molecule has 0 fully saturated rings. The molecule has 0 saturated carbocycles. The largest absolute Gasteiger partial charge is 0.419 e. The maximum Gasteiger partial charge on any atom is 0.419 e. The molecular weight excluding hydrogens is 271 g/mol. The lowest BCUT2D eigenvalue weighted by Gasteiger charge is -2.14. The molecule has 0 saturated heterocycles. The highest BCUT2D eigenvalue weighted by Gasteiger charge is 2.11. The van der Waals surface area contributed by atoms with E-state index in [2.05, 4.69) is 0 Å². The van der Waals surface area contributed by atoms with Crippen molar-refractivity contribution < 1.29 is 13.6 Å². The van der Waals surface area contributed by atoms with Gasteiger partial charge in [0.05, 0.1) is 0 Å². The molecule has 0 aromatic heterocycles. The van der Waals surface area contributed by atoms with Crippen molar-refractivity contribution in [1.82, 2.24) is 0 Å². The van der Waals surface area contributed by atoms with E-state index in [1.807, 2.05) is 64.1 Å². The average molecular weight is 290 g/mol. The second kappa shape index (κ2) is 6.15. The van der Waals surface area contributed by atoms with Crippen molar-refractivity contribution in [2.45, 2.75) is 27.7 Å². The molecule has 0 aliphatic rings. The molecule has 0 amide bonds. The van der Waals surface area contributed by atoms with Crippen LogP contribution >= 0.6 is 8.25 Å². The van der Waals surface area contributed by atoms with E-state index in [-0.39, 0.29) is 0 Å². The van der Waals surface area contributed by atoms with Crippen LogP contribution in [0.5, 0.6) is 11.5 Å². The topological polar surface area (TPSA) is 35.5 Å². The third-order valence-electron chi connectivity index (χ3n) is 3.19. The van der Waals surface area contributed by atoms with Crippen LogP contribution < -0.4 is 9.05 Å². The van der Waals surface area contributed by atoms with Crippen LogP contribution in [0, 0.1) is 27.7 Å². The van der Waals surface area contributed by atoms with Crippen molar-refractivity contribution in [2.24, 2.45) is 0 Å². The van der Waals surface area contributed by atoms with Gasteiger partial charge >= 0.3 is 8.25 Å². The predicted molar refractivity (Wildman–Crippen MR) is 82.1 cm³/mol. The van der Waals surface area contributed by atoms with Gasteiger partial charge in [-0.05, 0) is 49.9 Å². The fraction of sp³-hybridized carbons (Fsp3) is 0.250. The zero-order chi connectivity index (χ0) is 14.7. The summed E-state index contributed by atoms with van der Waals surface area (Å²) in [6.45, 7) is 7.71. The Labute approximate surface area is 120 Å². The molecule has 2 aromatic rings. The summed E-state index contributed by atoms with van der Waals surface area (Å²) >= 11 is 0. The smallest absolute Gasteiger partial charge is 0.417 e. The first-order chi connectivity index (χ1) is 9.49. The van der Waals surface area contributed by atoms with Crippen molar-refractivity contribution in [1.29, 1.82) is 0 Å². The van der Waals surface area contributed by atoms with Crippen LogP contribution in [0.15, 0.2) is 36.4 Å². The number of benzene rings is 2. The quantitative estimate of drug-likeness (QED) is 0.761. The Hall–Kier alpha value is -1.73. The number of hydrogen-bond acceptors (Lipinski definition) is 3. The van der Waals surface area contributed by atoms with Gasteiger partial charge in [0.25, 0.3) is 0 Å². The first-order valence-corrected chi connectivity index (χ1v) is 7.73. The van der Waals surface area contributed by atoms with Crippen LogP contribution in [-0.2, 0) is 4.57 Å². The molecule has 0 spiro atoms. The highest BCUT2D eigenvalue weighted by atomic mass is 31.1. The van der Waals surface area contributed by atoms with Gasteiger partial charge in [-0.1, -0.05) is 36.4 Å². The summed E-state index contributed by atoms with van der Waals surface area (Å²) in [5.74, 6) is 1.28. The summed E-state index contributed by atoms with van der Waals surface area (Å²) in [5.41, 5.74) is 3.81. The standard InChI is InChI=1S/C16H19O3P/c1-11-7-5-8-12(2)15(11)18-20(17)19-16-13(3)9-6-10-14(16)4/h5-10,20H,1-4H3. The molecule has 0 unspecified atom stereocenters. The van der Waals surface area contributed by atoms with E-state index in [0.29, 0.717) is 11.5 Å². The second-order valence-electron chi connectivity index (χ2n) is 4.90. The first kappa shape index (κ1) is 14.7.